The Bertz CT molecular complexity index is 3450. The molecule has 12 aromatic rings. The van der Waals surface area contributed by atoms with Gasteiger partial charge in [0.2, 0.25) is 0 Å². The average molecular weight is 740 g/mol. The zero-order chi connectivity index (χ0) is 38.2. The summed E-state index contributed by atoms with van der Waals surface area (Å²) in [5.74, 6) is 1.92. The maximum atomic E-state index is 5.13. The monoisotopic (exact) mass is 739 g/mol. The highest BCUT2D eigenvalue weighted by atomic mass is 15.0. The first kappa shape index (κ1) is 32.4. The molecule has 0 saturated carbocycles. The number of benzene rings is 9. The van der Waals surface area contributed by atoms with Crippen LogP contribution in [0.25, 0.3) is 111 Å². The summed E-state index contributed by atoms with van der Waals surface area (Å²) in [6, 6.07) is 71.0. The highest BCUT2D eigenvalue weighted by Gasteiger charge is 2.22. The van der Waals surface area contributed by atoms with E-state index in [1.54, 1.807) is 0 Å². The smallest absolute Gasteiger partial charge is 0.164 e. The fourth-order valence-electron chi connectivity index (χ4n) is 8.96. The number of nitrogens with zero attached hydrogens (tertiary/aromatic N) is 5. The van der Waals surface area contributed by atoms with E-state index in [1.165, 1.54) is 43.4 Å². The molecular weight excluding hydrogens is 707 g/mol. The molecule has 0 aliphatic rings. The summed E-state index contributed by atoms with van der Waals surface area (Å²) >= 11 is 0. The third kappa shape index (κ3) is 4.93. The van der Waals surface area contributed by atoms with Gasteiger partial charge in [-0.25, -0.2) is 15.0 Å². The molecule has 9 aromatic carbocycles. The third-order valence-electron chi connectivity index (χ3n) is 11.5. The molecule has 0 fully saturated rings. The molecule has 0 saturated heterocycles. The molecular formula is C53H33N5. The van der Waals surface area contributed by atoms with Crippen LogP contribution in [0.1, 0.15) is 0 Å². The molecule has 5 heteroatoms. The molecule has 12 rings (SSSR count). The summed E-state index contributed by atoms with van der Waals surface area (Å²) in [7, 11) is 0. The van der Waals surface area contributed by atoms with E-state index in [1.807, 2.05) is 36.4 Å². The van der Waals surface area contributed by atoms with Crippen LogP contribution in [0.15, 0.2) is 200 Å². The molecule has 0 unspecified atom stereocenters. The quantitative estimate of drug-likeness (QED) is 0.177. The zero-order valence-electron chi connectivity index (χ0n) is 31.3. The fraction of sp³-hybridized carbons (Fsp3) is 0. The molecule has 0 radical (unpaired) electrons. The van der Waals surface area contributed by atoms with Gasteiger partial charge in [-0.2, -0.15) is 0 Å². The molecule has 0 atom stereocenters. The van der Waals surface area contributed by atoms with E-state index in [0.717, 1.165) is 49.9 Å². The van der Waals surface area contributed by atoms with Crippen LogP contribution >= 0.6 is 0 Å². The van der Waals surface area contributed by atoms with Crippen molar-refractivity contribution < 1.29 is 0 Å². The minimum absolute atomic E-state index is 0.636. The van der Waals surface area contributed by atoms with Crippen LogP contribution in [0.3, 0.4) is 0 Å². The van der Waals surface area contributed by atoms with E-state index in [9.17, 15) is 0 Å². The van der Waals surface area contributed by atoms with Gasteiger partial charge in [-0.3, -0.25) is 0 Å². The van der Waals surface area contributed by atoms with Crippen molar-refractivity contribution in [3.8, 4) is 45.5 Å². The van der Waals surface area contributed by atoms with Gasteiger partial charge in [-0.1, -0.05) is 152 Å². The van der Waals surface area contributed by atoms with Crippen molar-refractivity contribution in [3.05, 3.63) is 200 Å². The first-order chi connectivity index (χ1) is 28.8. The van der Waals surface area contributed by atoms with Gasteiger partial charge < -0.3 is 9.13 Å². The van der Waals surface area contributed by atoms with Gasteiger partial charge in [0.1, 0.15) is 0 Å². The van der Waals surface area contributed by atoms with Gasteiger partial charge in [-0.05, 0) is 64.7 Å². The van der Waals surface area contributed by atoms with Crippen molar-refractivity contribution in [1.82, 2.24) is 24.1 Å². The largest absolute Gasteiger partial charge is 0.309 e. The number of hydrogen-bond acceptors (Lipinski definition) is 3. The van der Waals surface area contributed by atoms with E-state index < -0.39 is 0 Å². The lowest BCUT2D eigenvalue weighted by Gasteiger charge is -2.15. The van der Waals surface area contributed by atoms with Gasteiger partial charge in [0.05, 0.1) is 33.4 Å². The molecule has 5 nitrogen and oxygen atoms in total. The van der Waals surface area contributed by atoms with Crippen LogP contribution in [0.4, 0.5) is 0 Å². The molecule has 0 spiro atoms. The first-order valence-electron chi connectivity index (χ1n) is 19.6. The first-order valence-corrected chi connectivity index (χ1v) is 19.6. The van der Waals surface area contributed by atoms with E-state index >= 15 is 0 Å². The van der Waals surface area contributed by atoms with Crippen molar-refractivity contribution in [3.63, 3.8) is 0 Å². The van der Waals surface area contributed by atoms with E-state index in [-0.39, 0.29) is 0 Å². The van der Waals surface area contributed by atoms with Crippen molar-refractivity contribution in [2.75, 3.05) is 0 Å². The Kier molecular flexibility index (Phi) is 7.16. The van der Waals surface area contributed by atoms with Gasteiger partial charge in [0, 0.05) is 43.6 Å². The SMILES string of the molecule is c1ccc(-c2nc(-c3ccccc3)nc(-c3ccc(-n4c5cc6ccccc6cc5c5c(-n6c7ccccc7c7ccccc76)cccc54)c4ccccc34)n2)cc1. The minimum atomic E-state index is 0.636. The Balaban J connectivity index is 1.15. The lowest BCUT2D eigenvalue weighted by atomic mass is 10.0. The number of fused-ring (bicyclic) bond motifs is 8. The molecule has 58 heavy (non-hydrogen) atoms. The van der Waals surface area contributed by atoms with Gasteiger partial charge in [-0.15, -0.1) is 0 Å². The standard InChI is InChI=1S/C53H33N5/c1-3-16-34(17-4-1)51-54-52(35-18-5-2-6-19-35)56-53(55-51)42-30-31-46(39-23-10-9-22-38(39)42)58-48-29-15-28-47(50(48)43-32-36-20-7-8-21-37(36)33-49(43)58)57-44-26-13-11-24-40(44)41-25-12-14-27-45(41)57/h1-33H. The Hall–Kier alpha value is -7.89. The summed E-state index contributed by atoms with van der Waals surface area (Å²) in [6.07, 6.45) is 0. The average Bonchev–Trinajstić information content (AvgIpc) is 3.80. The molecule has 3 aromatic heterocycles. The molecule has 0 N–H and O–H groups in total. The lowest BCUT2D eigenvalue weighted by molar-refractivity contribution is 1.08. The summed E-state index contributed by atoms with van der Waals surface area (Å²) in [4.78, 5) is 15.2. The highest BCUT2D eigenvalue weighted by molar-refractivity contribution is 6.19. The molecule has 0 amide bonds. The van der Waals surface area contributed by atoms with Crippen molar-refractivity contribution >= 4 is 65.2 Å². The van der Waals surface area contributed by atoms with Crippen molar-refractivity contribution in [2.24, 2.45) is 0 Å². The number of rotatable bonds is 5. The maximum Gasteiger partial charge on any atom is 0.164 e. The molecule has 270 valence electrons. The van der Waals surface area contributed by atoms with Crippen LogP contribution in [0, 0.1) is 0 Å². The second-order valence-corrected chi connectivity index (χ2v) is 14.8. The van der Waals surface area contributed by atoms with Crippen LogP contribution in [0.5, 0.6) is 0 Å². The number of aromatic nitrogens is 5. The zero-order valence-corrected chi connectivity index (χ0v) is 31.3. The minimum Gasteiger partial charge on any atom is -0.309 e. The third-order valence-corrected chi connectivity index (χ3v) is 11.5. The van der Waals surface area contributed by atoms with Gasteiger partial charge >= 0.3 is 0 Å². The second kappa shape index (κ2) is 12.8. The number of para-hydroxylation sites is 2. The van der Waals surface area contributed by atoms with Crippen LogP contribution in [-0.2, 0) is 0 Å². The molecule has 0 aliphatic carbocycles. The molecule has 3 heterocycles. The summed E-state index contributed by atoms with van der Waals surface area (Å²) < 4.78 is 4.90. The van der Waals surface area contributed by atoms with Gasteiger partial charge in [0.15, 0.2) is 17.5 Å². The van der Waals surface area contributed by atoms with Crippen LogP contribution in [-0.4, -0.2) is 24.1 Å². The fourth-order valence-corrected chi connectivity index (χ4v) is 8.96. The second-order valence-electron chi connectivity index (χ2n) is 14.8. The molecule has 0 aliphatic heterocycles. The maximum absolute atomic E-state index is 5.13. The Morgan fingerprint density at radius 1 is 0.293 bits per heavy atom. The van der Waals surface area contributed by atoms with E-state index in [4.69, 9.17) is 15.0 Å². The predicted octanol–water partition coefficient (Wildman–Crippen LogP) is 13.4. The van der Waals surface area contributed by atoms with Gasteiger partial charge in [0.25, 0.3) is 0 Å². The Morgan fingerprint density at radius 2 is 0.793 bits per heavy atom. The Morgan fingerprint density at radius 3 is 1.45 bits per heavy atom. The van der Waals surface area contributed by atoms with Crippen LogP contribution in [0.2, 0.25) is 0 Å². The van der Waals surface area contributed by atoms with Crippen molar-refractivity contribution in [2.45, 2.75) is 0 Å². The Labute approximate surface area is 333 Å². The summed E-state index contributed by atoms with van der Waals surface area (Å²) in [5.41, 5.74) is 9.76. The van der Waals surface area contributed by atoms with E-state index in [2.05, 4.69) is 173 Å². The number of hydrogen-bond donors (Lipinski definition) is 0. The van der Waals surface area contributed by atoms with Crippen molar-refractivity contribution in [1.29, 1.82) is 0 Å². The summed E-state index contributed by atoms with van der Waals surface area (Å²) in [6.45, 7) is 0. The van der Waals surface area contributed by atoms with E-state index in [0.29, 0.717) is 17.5 Å². The normalized spacial score (nSPS) is 11.8. The summed E-state index contributed by atoms with van der Waals surface area (Å²) in [5, 5.41) is 9.49. The molecule has 0 bridgehead atoms. The van der Waals surface area contributed by atoms with Crippen LogP contribution < -0.4 is 0 Å². The lowest BCUT2D eigenvalue weighted by Crippen LogP contribution is -2.02. The predicted molar refractivity (Wildman–Crippen MR) is 240 cm³/mol. The highest BCUT2D eigenvalue weighted by Crippen LogP contribution is 2.43. The topological polar surface area (TPSA) is 48.5 Å².